The van der Waals surface area contributed by atoms with Crippen molar-refractivity contribution in [2.75, 3.05) is 4.90 Å². The van der Waals surface area contributed by atoms with Crippen molar-refractivity contribution in [2.45, 2.75) is 0 Å². The summed E-state index contributed by atoms with van der Waals surface area (Å²) in [7, 11) is 0. The molecule has 2 nitrogen and oxygen atoms in total. The molecule has 0 atom stereocenters. The first-order chi connectivity index (χ1) is 32.7. The summed E-state index contributed by atoms with van der Waals surface area (Å²) < 4.78 is 2.38. The van der Waals surface area contributed by atoms with Crippen LogP contribution >= 0.6 is 0 Å². The summed E-state index contributed by atoms with van der Waals surface area (Å²) in [6.07, 6.45) is 0. The van der Waals surface area contributed by atoms with E-state index in [1.807, 2.05) is 0 Å². The number of hydrogen-bond donors (Lipinski definition) is 0. The van der Waals surface area contributed by atoms with E-state index in [0.717, 1.165) is 22.7 Å². The van der Waals surface area contributed by atoms with Gasteiger partial charge in [-0.05, 0) is 149 Å². The van der Waals surface area contributed by atoms with Crippen LogP contribution in [0.5, 0.6) is 0 Å². The lowest BCUT2D eigenvalue weighted by molar-refractivity contribution is 1.17. The fourth-order valence-electron chi connectivity index (χ4n) is 10.3. The average Bonchev–Trinajstić information content (AvgIpc) is 3.73. The lowest BCUT2D eigenvalue weighted by atomic mass is 9.92. The predicted molar refractivity (Wildman–Crippen MR) is 282 cm³/mol. The van der Waals surface area contributed by atoms with E-state index in [0.29, 0.717) is 0 Å². The third kappa shape index (κ3) is 6.34. The molecule has 308 valence electrons. The molecule has 0 unspecified atom stereocenters. The molecule has 1 aromatic heterocycles. The molecule has 0 fully saturated rings. The molecule has 0 saturated carbocycles. The number of benzene rings is 12. The van der Waals surface area contributed by atoms with Crippen molar-refractivity contribution in [1.29, 1.82) is 0 Å². The molecule has 0 aliphatic carbocycles. The van der Waals surface area contributed by atoms with Gasteiger partial charge >= 0.3 is 0 Å². The van der Waals surface area contributed by atoms with Gasteiger partial charge in [0.2, 0.25) is 0 Å². The minimum absolute atomic E-state index is 1.09. The number of fused-ring (bicyclic) bond motifs is 10. The molecule has 0 saturated heterocycles. The van der Waals surface area contributed by atoms with Gasteiger partial charge in [0, 0.05) is 33.5 Å². The Labute approximate surface area is 383 Å². The maximum absolute atomic E-state index is 2.38. The number of hydrogen-bond acceptors (Lipinski definition) is 1. The van der Waals surface area contributed by atoms with E-state index in [1.54, 1.807) is 0 Å². The molecule has 0 aliphatic heterocycles. The Hall–Kier alpha value is -8.72. The van der Waals surface area contributed by atoms with Crippen LogP contribution in [0.4, 0.5) is 17.1 Å². The molecule has 0 radical (unpaired) electrons. The Balaban J connectivity index is 0.875. The van der Waals surface area contributed by atoms with Gasteiger partial charge in [-0.25, -0.2) is 0 Å². The second kappa shape index (κ2) is 15.5. The van der Waals surface area contributed by atoms with Gasteiger partial charge in [-0.15, -0.1) is 0 Å². The summed E-state index contributed by atoms with van der Waals surface area (Å²) in [6, 6.07) is 93.2. The van der Waals surface area contributed by atoms with Crippen molar-refractivity contribution in [3.63, 3.8) is 0 Å². The van der Waals surface area contributed by atoms with Crippen molar-refractivity contribution in [3.05, 3.63) is 255 Å². The minimum Gasteiger partial charge on any atom is -0.311 e. The lowest BCUT2D eigenvalue weighted by Gasteiger charge is -2.26. The Morgan fingerprint density at radius 1 is 0.227 bits per heavy atom. The molecule has 1 heterocycles. The van der Waals surface area contributed by atoms with E-state index < -0.39 is 0 Å². The minimum atomic E-state index is 1.09. The third-order valence-electron chi connectivity index (χ3n) is 13.6. The van der Waals surface area contributed by atoms with E-state index in [2.05, 4.69) is 264 Å². The summed E-state index contributed by atoms with van der Waals surface area (Å²) in [4.78, 5) is 2.37. The largest absolute Gasteiger partial charge is 0.311 e. The highest BCUT2D eigenvalue weighted by Gasteiger charge is 2.17. The predicted octanol–water partition coefficient (Wildman–Crippen LogP) is 17.9. The monoisotopic (exact) mass is 838 g/mol. The smallest absolute Gasteiger partial charge is 0.0541 e. The summed E-state index contributed by atoms with van der Waals surface area (Å²) in [5, 5.41) is 12.7. The molecule has 13 rings (SSSR count). The normalized spacial score (nSPS) is 11.6. The number of anilines is 3. The molecule has 66 heavy (non-hydrogen) atoms. The molecule has 0 spiro atoms. The van der Waals surface area contributed by atoms with E-state index >= 15 is 0 Å². The quantitative estimate of drug-likeness (QED) is 0.145. The van der Waals surface area contributed by atoms with Crippen LogP contribution in [-0.4, -0.2) is 4.57 Å². The number of para-hydroxylation sites is 2. The highest BCUT2D eigenvalue weighted by molar-refractivity contribution is 6.25. The van der Waals surface area contributed by atoms with Crippen LogP contribution in [0.1, 0.15) is 0 Å². The molecular formula is C64H42N2. The molecule has 0 amide bonds. The topological polar surface area (TPSA) is 8.17 Å². The molecular weight excluding hydrogens is 797 g/mol. The summed E-state index contributed by atoms with van der Waals surface area (Å²) >= 11 is 0. The molecule has 13 aromatic rings. The summed E-state index contributed by atoms with van der Waals surface area (Å²) in [5.41, 5.74) is 14.0. The number of nitrogens with zero attached hydrogens (tertiary/aromatic N) is 2. The van der Waals surface area contributed by atoms with E-state index in [-0.39, 0.29) is 0 Å². The molecule has 0 N–H and O–H groups in total. The van der Waals surface area contributed by atoms with Gasteiger partial charge in [0.25, 0.3) is 0 Å². The zero-order valence-corrected chi connectivity index (χ0v) is 36.1. The Morgan fingerprint density at radius 2 is 0.576 bits per heavy atom. The second-order valence-corrected chi connectivity index (χ2v) is 17.3. The highest BCUT2D eigenvalue weighted by Crippen LogP contribution is 2.41. The standard InChI is InChI=1S/C64H42N2/c1-2-12-48-41-49(26-25-43(48)11-1)46-23-21-44(22-24-46)45-27-32-51(33-28-45)65(53-36-38-54(39-37-53)66-63-19-9-7-17-60(63)61-18-8-10-20-64(61)66)52-34-29-47(30-35-52)50-31-40-59-57-15-4-3-13-55(57)56-14-5-6-16-58(56)62(59)42-50/h1-42H. The van der Waals surface area contributed by atoms with Crippen LogP contribution in [-0.2, 0) is 0 Å². The van der Waals surface area contributed by atoms with Gasteiger partial charge in [0.15, 0.2) is 0 Å². The van der Waals surface area contributed by atoms with Crippen molar-refractivity contribution in [3.8, 4) is 39.1 Å². The van der Waals surface area contributed by atoms with Gasteiger partial charge in [0.05, 0.1) is 11.0 Å². The van der Waals surface area contributed by atoms with Gasteiger partial charge in [0.1, 0.15) is 0 Å². The molecule has 2 heteroatoms. The first-order valence-corrected chi connectivity index (χ1v) is 22.7. The lowest BCUT2D eigenvalue weighted by Crippen LogP contribution is -2.10. The van der Waals surface area contributed by atoms with Crippen LogP contribution in [0.2, 0.25) is 0 Å². The van der Waals surface area contributed by atoms with Crippen molar-refractivity contribution in [2.24, 2.45) is 0 Å². The van der Waals surface area contributed by atoms with E-state index in [1.165, 1.54) is 98.3 Å². The fraction of sp³-hybridized carbons (Fsp3) is 0. The first-order valence-electron chi connectivity index (χ1n) is 22.7. The van der Waals surface area contributed by atoms with E-state index in [9.17, 15) is 0 Å². The Bertz CT molecular complexity index is 3870. The Kier molecular flexibility index (Phi) is 8.89. The number of rotatable bonds is 7. The fourth-order valence-corrected chi connectivity index (χ4v) is 10.3. The van der Waals surface area contributed by atoms with Crippen LogP contribution in [0.15, 0.2) is 255 Å². The van der Waals surface area contributed by atoms with Crippen molar-refractivity contribution >= 4 is 82.0 Å². The van der Waals surface area contributed by atoms with Gasteiger partial charge in [-0.2, -0.15) is 0 Å². The second-order valence-electron chi connectivity index (χ2n) is 17.3. The van der Waals surface area contributed by atoms with Crippen molar-refractivity contribution < 1.29 is 0 Å². The molecule has 12 aromatic carbocycles. The maximum atomic E-state index is 2.38. The first kappa shape index (κ1) is 37.8. The van der Waals surface area contributed by atoms with Crippen LogP contribution in [0.3, 0.4) is 0 Å². The van der Waals surface area contributed by atoms with Crippen LogP contribution < -0.4 is 4.90 Å². The maximum Gasteiger partial charge on any atom is 0.0541 e. The average molecular weight is 839 g/mol. The summed E-state index contributed by atoms with van der Waals surface area (Å²) in [5.74, 6) is 0. The zero-order chi connectivity index (χ0) is 43.6. The van der Waals surface area contributed by atoms with Crippen molar-refractivity contribution in [1.82, 2.24) is 4.57 Å². The zero-order valence-electron chi connectivity index (χ0n) is 36.1. The molecule has 0 bridgehead atoms. The Morgan fingerprint density at radius 3 is 1.11 bits per heavy atom. The SMILES string of the molecule is c1ccc2cc(-c3ccc(-c4ccc(N(c5ccc(-c6ccc7c8ccccc8c8ccccc8c7c6)cc5)c5ccc(-n6c7ccccc7c7ccccc76)cc5)cc4)cc3)ccc2c1. The van der Waals surface area contributed by atoms with Gasteiger partial charge < -0.3 is 9.47 Å². The van der Waals surface area contributed by atoms with Crippen LogP contribution in [0.25, 0.3) is 104 Å². The van der Waals surface area contributed by atoms with E-state index in [4.69, 9.17) is 0 Å². The van der Waals surface area contributed by atoms with Gasteiger partial charge in [-0.1, -0.05) is 182 Å². The van der Waals surface area contributed by atoms with Gasteiger partial charge in [-0.3, -0.25) is 0 Å². The third-order valence-corrected chi connectivity index (χ3v) is 13.6. The van der Waals surface area contributed by atoms with Crippen LogP contribution in [0, 0.1) is 0 Å². The molecule has 0 aliphatic rings. The summed E-state index contributed by atoms with van der Waals surface area (Å²) in [6.45, 7) is 0. The highest BCUT2D eigenvalue weighted by atomic mass is 15.1. The number of aromatic nitrogens is 1.